The van der Waals surface area contributed by atoms with Crippen LogP contribution < -0.4 is 0 Å². The molecule has 0 saturated carbocycles. The minimum Gasteiger partial charge on any atom is -0.481 e. The first-order valence-corrected chi connectivity index (χ1v) is 6.21. The van der Waals surface area contributed by atoms with Crippen molar-refractivity contribution in [3.63, 3.8) is 0 Å². The van der Waals surface area contributed by atoms with Crippen molar-refractivity contribution in [3.8, 4) is 0 Å². The molecule has 0 saturated heterocycles. The van der Waals surface area contributed by atoms with Crippen molar-refractivity contribution in [3.05, 3.63) is 65.5 Å². The van der Waals surface area contributed by atoms with E-state index in [-0.39, 0.29) is 5.78 Å². The van der Waals surface area contributed by atoms with Gasteiger partial charge in [-0.25, -0.2) is 0 Å². The molecule has 0 aliphatic heterocycles. The van der Waals surface area contributed by atoms with E-state index in [0.717, 1.165) is 0 Å². The van der Waals surface area contributed by atoms with Gasteiger partial charge in [0, 0.05) is 23.5 Å². The van der Waals surface area contributed by atoms with Crippen LogP contribution in [0.25, 0.3) is 0 Å². The van der Waals surface area contributed by atoms with Crippen LogP contribution in [0.1, 0.15) is 35.3 Å². The summed E-state index contributed by atoms with van der Waals surface area (Å²) < 4.78 is 0. The van der Waals surface area contributed by atoms with Gasteiger partial charge in [0.2, 0.25) is 0 Å². The third-order valence-corrected chi connectivity index (χ3v) is 3.33. The molecule has 1 aromatic heterocycles. The van der Waals surface area contributed by atoms with Crippen LogP contribution in [-0.4, -0.2) is 21.8 Å². The molecule has 0 fully saturated rings. The van der Waals surface area contributed by atoms with Crippen molar-refractivity contribution in [2.45, 2.75) is 19.3 Å². The molecule has 0 atom stereocenters. The molecule has 2 aromatic rings. The fraction of sp³-hybridized carbons (Fsp3) is 0.188. The standard InChI is InChI=1S/C16H15NO3/c1-16(2,15(19)20)13-7-5-11(6-8-13)14(18)12-4-3-9-17-10-12/h3-10H,1-2H3,(H,19,20). The lowest BCUT2D eigenvalue weighted by Crippen LogP contribution is -2.28. The quantitative estimate of drug-likeness (QED) is 0.866. The first-order chi connectivity index (χ1) is 9.43. The van der Waals surface area contributed by atoms with Crippen LogP contribution in [0, 0.1) is 0 Å². The number of carbonyl (C=O) groups is 2. The smallest absolute Gasteiger partial charge is 0.313 e. The summed E-state index contributed by atoms with van der Waals surface area (Å²) in [7, 11) is 0. The lowest BCUT2D eigenvalue weighted by Gasteiger charge is -2.19. The number of aromatic nitrogens is 1. The van der Waals surface area contributed by atoms with Gasteiger partial charge in [-0.15, -0.1) is 0 Å². The highest BCUT2D eigenvalue weighted by Crippen LogP contribution is 2.24. The lowest BCUT2D eigenvalue weighted by molar-refractivity contribution is -0.142. The van der Waals surface area contributed by atoms with Gasteiger partial charge in [-0.3, -0.25) is 14.6 Å². The number of carbonyl (C=O) groups excluding carboxylic acids is 1. The molecule has 0 aliphatic rings. The van der Waals surface area contributed by atoms with Gasteiger partial charge in [-0.2, -0.15) is 0 Å². The summed E-state index contributed by atoms with van der Waals surface area (Å²) in [6, 6.07) is 10.1. The van der Waals surface area contributed by atoms with Crippen LogP contribution in [-0.2, 0) is 10.2 Å². The van der Waals surface area contributed by atoms with E-state index in [4.69, 9.17) is 0 Å². The van der Waals surface area contributed by atoms with E-state index in [1.165, 1.54) is 6.20 Å². The molecule has 0 bridgehead atoms. The predicted octanol–water partition coefficient (Wildman–Crippen LogP) is 2.67. The zero-order valence-electron chi connectivity index (χ0n) is 11.3. The fourth-order valence-corrected chi connectivity index (χ4v) is 1.83. The molecule has 0 radical (unpaired) electrons. The summed E-state index contributed by atoms with van der Waals surface area (Å²) >= 11 is 0. The van der Waals surface area contributed by atoms with Crippen LogP contribution in [0.15, 0.2) is 48.8 Å². The largest absolute Gasteiger partial charge is 0.481 e. The van der Waals surface area contributed by atoms with Crippen molar-refractivity contribution in [2.24, 2.45) is 0 Å². The molecule has 20 heavy (non-hydrogen) atoms. The SMILES string of the molecule is CC(C)(C(=O)O)c1ccc(C(=O)c2cccnc2)cc1. The van der Waals surface area contributed by atoms with E-state index in [2.05, 4.69) is 4.98 Å². The second-order valence-electron chi connectivity index (χ2n) is 5.08. The van der Waals surface area contributed by atoms with Gasteiger partial charge in [0.1, 0.15) is 0 Å². The summed E-state index contributed by atoms with van der Waals surface area (Å²) in [4.78, 5) is 27.3. The third-order valence-electron chi connectivity index (χ3n) is 3.33. The van der Waals surface area contributed by atoms with Crippen LogP contribution in [0.4, 0.5) is 0 Å². The Morgan fingerprint density at radius 3 is 2.20 bits per heavy atom. The van der Waals surface area contributed by atoms with Gasteiger partial charge >= 0.3 is 5.97 Å². The average Bonchev–Trinajstić information content (AvgIpc) is 2.47. The van der Waals surface area contributed by atoms with Gasteiger partial charge in [-0.1, -0.05) is 24.3 Å². The van der Waals surface area contributed by atoms with Gasteiger partial charge in [0.25, 0.3) is 0 Å². The topological polar surface area (TPSA) is 67.3 Å². The number of rotatable bonds is 4. The molecule has 0 unspecified atom stereocenters. The van der Waals surface area contributed by atoms with Crippen LogP contribution in [0.3, 0.4) is 0 Å². The Balaban J connectivity index is 2.30. The van der Waals surface area contributed by atoms with Crippen LogP contribution in [0.2, 0.25) is 0 Å². The molecular weight excluding hydrogens is 254 g/mol. The van der Waals surface area contributed by atoms with Crippen molar-refractivity contribution in [2.75, 3.05) is 0 Å². The van der Waals surface area contributed by atoms with E-state index in [0.29, 0.717) is 16.7 Å². The van der Waals surface area contributed by atoms with Gasteiger partial charge in [-0.05, 0) is 31.5 Å². The van der Waals surface area contributed by atoms with Gasteiger partial charge < -0.3 is 5.11 Å². The van der Waals surface area contributed by atoms with Crippen molar-refractivity contribution in [1.29, 1.82) is 0 Å². The second-order valence-corrected chi connectivity index (χ2v) is 5.08. The summed E-state index contributed by atoms with van der Waals surface area (Å²) in [6.45, 7) is 3.26. The van der Waals surface area contributed by atoms with E-state index >= 15 is 0 Å². The number of benzene rings is 1. The normalized spacial score (nSPS) is 11.1. The molecule has 4 heteroatoms. The monoisotopic (exact) mass is 269 g/mol. The first-order valence-electron chi connectivity index (χ1n) is 6.21. The number of aliphatic carboxylic acids is 1. The highest BCUT2D eigenvalue weighted by Gasteiger charge is 2.29. The molecule has 102 valence electrons. The number of pyridine rings is 1. The lowest BCUT2D eigenvalue weighted by atomic mass is 9.84. The Bertz CT molecular complexity index is 631. The summed E-state index contributed by atoms with van der Waals surface area (Å²) in [5, 5.41) is 9.18. The number of ketones is 1. The number of carboxylic acid groups (broad SMARTS) is 1. The Morgan fingerprint density at radius 2 is 1.70 bits per heavy atom. The Labute approximate surface area is 117 Å². The number of hydrogen-bond donors (Lipinski definition) is 1. The highest BCUT2D eigenvalue weighted by molar-refractivity contribution is 6.08. The molecule has 0 aliphatic carbocycles. The van der Waals surface area contributed by atoms with Crippen LogP contribution >= 0.6 is 0 Å². The summed E-state index contributed by atoms with van der Waals surface area (Å²) in [5.41, 5.74) is 0.712. The predicted molar refractivity (Wildman–Crippen MR) is 74.8 cm³/mol. The van der Waals surface area contributed by atoms with Gasteiger partial charge in [0.05, 0.1) is 5.41 Å². The van der Waals surface area contributed by atoms with Crippen LogP contribution in [0.5, 0.6) is 0 Å². The molecule has 2 rings (SSSR count). The fourth-order valence-electron chi connectivity index (χ4n) is 1.83. The molecule has 4 nitrogen and oxygen atoms in total. The maximum Gasteiger partial charge on any atom is 0.313 e. The number of carboxylic acids is 1. The summed E-state index contributed by atoms with van der Waals surface area (Å²) in [5.74, 6) is -1.03. The van der Waals surface area contributed by atoms with Gasteiger partial charge in [0.15, 0.2) is 5.78 Å². The minimum atomic E-state index is -0.976. The third kappa shape index (κ3) is 2.59. The summed E-state index contributed by atoms with van der Waals surface area (Å²) in [6.07, 6.45) is 3.12. The molecule has 0 amide bonds. The first kappa shape index (κ1) is 13.9. The Kier molecular flexibility index (Phi) is 3.66. The van der Waals surface area contributed by atoms with E-state index in [9.17, 15) is 14.7 Å². The van der Waals surface area contributed by atoms with E-state index in [1.807, 2.05) is 0 Å². The zero-order chi connectivity index (χ0) is 14.8. The maximum atomic E-state index is 12.2. The van der Waals surface area contributed by atoms with E-state index < -0.39 is 11.4 Å². The Hall–Kier alpha value is -2.49. The van der Waals surface area contributed by atoms with Crippen molar-refractivity contribution >= 4 is 11.8 Å². The maximum absolute atomic E-state index is 12.2. The zero-order valence-corrected chi connectivity index (χ0v) is 11.3. The molecular formula is C16H15NO3. The molecule has 1 N–H and O–H groups in total. The molecule has 1 aromatic carbocycles. The number of nitrogens with zero attached hydrogens (tertiary/aromatic N) is 1. The van der Waals surface area contributed by atoms with Crippen molar-refractivity contribution in [1.82, 2.24) is 4.98 Å². The minimum absolute atomic E-state index is 0.127. The molecule has 1 heterocycles. The van der Waals surface area contributed by atoms with Crippen molar-refractivity contribution < 1.29 is 14.7 Å². The Morgan fingerprint density at radius 1 is 1.05 bits per heavy atom. The second kappa shape index (κ2) is 5.25. The highest BCUT2D eigenvalue weighted by atomic mass is 16.4. The number of hydrogen-bond acceptors (Lipinski definition) is 3. The average molecular weight is 269 g/mol. The molecule has 0 spiro atoms. The van der Waals surface area contributed by atoms with E-state index in [1.54, 1.807) is 56.4 Å².